The second-order valence-electron chi connectivity index (χ2n) is 5.09. The molecule has 0 saturated carbocycles. The quantitative estimate of drug-likeness (QED) is 0.626. The Hall–Kier alpha value is -2.88. The number of allylic oxidation sites excluding steroid dienone is 1. The molecule has 0 bridgehead atoms. The van der Waals surface area contributed by atoms with Crippen molar-refractivity contribution in [2.45, 2.75) is 12.3 Å². The van der Waals surface area contributed by atoms with Crippen molar-refractivity contribution in [1.29, 1.82) is 0 Å². The predicted molar refractivity (Wildman–Crippen MR) is 88.6 cm³/mol. The van der Waals surface area contributed by atoms with Crippen molar-refractivity contribution in [3.8, 4) is 0 Å². The number of carbonyl (C=O) groups excluding carboxylic acids is 2. The number of hydrogen-bond acceptors (Lipinski definition) is 3. The van der Waals surface area contributed by atoms with E-state index in [1.165, 1.54) is 7.05 Å². The second-order valence-corrected chi connectivity index (χ2v) is 5.09. The fraction of sp³-hybridized carbons (Fsp3) is 0.158. The Kier molecular flexibility index (Phi) is 5.69. The van der Waals surface area contributed by atoms with Crippen LogP contribution in [-0.2, 0) is 9.63 Å². The first kappa shape index (κ1) is 16.5. The van der Waals surface area contributed by atoms with Crippen molar-refractivity contribution < 1.29 is 14.4 Å². The van der Waals surface area contributed by atoms with Gasteiger partial charge in [-0.1, -0.05) is 54.6 Å². The van der Waals surface area contributed by atoms with Crippen LogP contribution < -0.4 is 0 Å². The Bertz CT molecular complexity index is 668. The van der Waals surface area contributed by atoms with Gasteiger partial charge < -0.3 is 4.84 Å². The molecule has 1 unspecified atom stereocenters. The smallest absolute Gasteiger partial charge is 0.333 e. The van der Waals surface area contributed by atoms with Crippen LogP contribution in [0, 0.1) is 0 Å². The molecule has 1 amide bonds. The molecular weight excluding hydrogens is 290 g/mol. The van der Waals surface area contributed by atoms with Crippen LogP contribution in [0.3, 0.4) is 0 Å². The zero-order valence-corrected chi connectivity index (χ0v) is 13.0. The third-order valence-corrected chi connectivity index (χ3v) is 3.49. The lowest BCUT2D eigenvalue weighted by atomic mass is 9.95. The number of hydroxylamine groups is 2. The molecule has 0 fully saturated rings. The van der Waals surface area contributed by atoms with E-state index in [-0.39, 0.29) is 18.2 Å². The molecule has 0 saturated heterocycles. The molecule has 23 heavy (non-hydrogen) atoms. The summed E-state index contributed by atoms with van der Waals surface area (Å²) in [6.45, 7) is 3.78. The fourth-order valence-electron chi connectivity index (χ4n) is 2.16. The topological polar surface area (TPSA) is 46.6 Å². The Morgan fingerprint density at radius 2 is 1.65 bits per heavy atom. The summed E-state index contributed by atoms with van der Waals surface area (Å²) in [7, 11) is 1.44. The highest BCUT2D eigenvalue weighted by molar-refractivity contribution is 5.90. The number of benzene rings is 2. The van der Waals surface area contributed by atoms with Crippen LogP contribution in [-0.4, -0.2) is 24.0 Å². The summed E-state index contributed by atoms with van der Waals surface area (Å²) in [5, 5.41) is 0.981. The molecule has 0 aliphatic heterocycles. The maximum Gasteiger partial charge on any atom is 0.363 e. The third kappa shape index (κ3) is 4.54. The van der Waals surface area contributed by atoms with Gasteiger partial charge in [0, 0.05) is 19.4 Å². The van der Waals surface area contributed by atoms with Crippen molar-refractivity contribution in [2.75, 3.05) is 7.05 Å². The molecular formula is C19H19NO3. The van der Waals surface area contributed by atoms with Gasteiger partial charge in [-0.15, -0.1) is 6.58 Å². The van der Waals surface area contributed by atoms with Crippen LogP contribution >= 0.6 is 0 Å². The summed E-state index contributed by atoms with van der Waals surface area (Å²) in [5.41, 5.74) is 1.40. The summed E-state index contributed by atoms with van der Waals surface area (Å²) < 4.78 is 0. The van der Waals surface area contributed by atoms with Crippen LogP contribution in [0.2, 0.25) is 0 Å². The molecule has 0 radical (unpaired) electrons. The molecule has 0 aliphatic carbocycles. The van der Waals surface area contributed by atoms with E-state index >= 15 is 0 Å². The highest BCUT2D eigenvalue weighted by Gasteiger charge is 2.19. The molecule has 0 aliphatic rings. The number of hydrogen-bond donors (Lipinski definition) is 0. The predicted octanol–water partition coefficient (Wildman–Crippen LogP) is 3.58. The van der Waals surface area contributed by atoms with Crippen LogP contribution in [0.5, 0.6) is 0 Å². The van der Waals surface area contributed by atoms with Gasteiger partial charge in [-0.05, 0) is 17.7 Å². The van der Waals surface area contributed by atoms with Gasteiger partial charge in [-0.3, -0.25) is 4.79 Å². The molecule has 0 aromatic heterocycles. The van der Waals surface area contributed by atoms with Gasteiger partial charge in [-0.2, -0.15) is 5.06 Å². The summed E-state index contributed by atoms with van der Waals surface area (Å²) in [5.74, 6) is -0.971. The van der Waals surface area contributed by atoms with E-state index < -0.39 is 5.97 Å². The number of rotatable bonds is 5. The number of amides is 1. The van der Waals surface area contributed by atoms with Crippen molar-refractivity contribution >= 4 is 11.9 Å². The molecule has 4 heteroatoms. The van der Waals surface area contributed by atoms with E-state index in [0.29, 0.717) is 5.56 Å². The van der Waals surface area contributed by atoms with E-state index in [4.69, 9.17) is 4.84 Å². The second kappa shape index (κ2) is 7.94. The molecule has 2 rings (SSSR count). The lowest BCUT2D eigenvalue weighted by Crippen LogP contribution is -2.30. The van der Waals surface area contributed by atoms with Crippen molar-refractivity contribution in [1.82, 2.24) is 5.06 Å². The molecule has 118 valence electrons. The first-order valence-electron chi connectivity index (χ1n) is 7.33. The molecule has 0 heterocycles. The van der Waals surface area contributed by atoms with Crippen LogP contribution in [0.15, 0.2) is 73.3 Å². The van der Waals surface area contributed by atoms with E-state index in [2.05, 4.69) is 6.58 Å². The molecule has 0 spiro atoms. The summed E-state index contributed by atoms with van der Waals surface area (Å²) in [4.78, 5) is 29.3. The zero-order valence-electron chi connectivity index (χ0n) is 13.0. The van der Waals surface area contributed by atoms with Crippen molar-refractivity contribution in [3.63, 3.8) is 0 Å². The van der Waals surface area contributed by atoms with Crippen LogP contribution in [0.25, 0.3) is 0 Å². The van der Waals surface area contributed by atoms with E-state index in [1.54, 1.807) is 36.4 Å². The minimum Gasteiger partial charge on any atom is -0.333 e. The summed E-state index contributed by atoms with van der Waals surface area (Å²) in [6.07, 6.45) is 1.91. The first-order chi connectivity index (χ1) is 11.1. The van der Waals surface area contributed by atoms with Crippen molar-refractivity contribution in [3.05, 3.63) is 84.4 Å². The number of carbonyl (C=O) groups is 2. The Morgan fingerprint density at radius 1 is 1.09 bits per heavy atom. The van der Waals surface area contributed by atoms with E-state index in [0.717, 1.165) is 10.6 Å². The first-order valence-corrected chi connectivity index (χ1v) is 7.33. The molecule has 2 aromatic rings. The van der Waals surface area contributed by atoms with Crippen LogP contribution in [0.1, 0.15) is 28.3 Å². The fourth-order valence-corrected chi connectivity index (χ4v) is 2.16. The van der Waals surface area contributed by atoms with Gasteiger partial charge in [0.15, 0.2) is 0 Å². The highest BCUT2D eigenvalue weighted by atomic mass is 16.7. The van der Waals surface area contributed by atoms with Gasteiger partial charge in [-0.25, -0.2) is 4.79 Å². The monoisotopic (exact) mass is 309 g/mol. The standard InChI is InChI=1S/C19H19NO3/c1-3-15(16-10-6-4-7-11-16)14-18(21)20(2)23-19(22)17-12-8-5-9-13-17/h3-13,15H,1,14H2,2H3. The van der Waals surface area contributed by atoms with Gasteiger partial charge >= 0.3 is 5.97 Å². The minimum absolute atomic E-state index is 0.124. The van der Waals surface area contributed by atoms with Crippen molar-refractivity contribution in [2.24, 2.45) is 0 Å². The maximum absolute atomic E-state index is 12.3. The molecule has 0 N–H and O–H groups in total. The normalized spacial score (nSPS) is 11.3. The summed E-state index contributed by atoms with van der Waals surface area (Å²) >= 11 is 0. The Morgan fingerprint density at radius 3 is 2.22 bits per heavy atom. The number of nitrogens with zero attached hydrogens (tertiary/aromatic N) is 1. The molecule has 2 aromatic carbocycles. The Balaban J connectivity index is 1.97. The summed E-state index contributed by atoms with van der Waals surface area (Å²) in [6, 6.07) is 18.2. The highest BCUT2D eigenvalue weighted by Crippen LogP contribution is 2.21. The SMILES string of the molecule is C=CC(CC(=O)N(C)OC(=O)c1ccccc1)c1ccccc1. The average molecular weight is 309 g/mol. The minimum atomic E-state index is -0.559. The third-order valence-electron chi connectivity index (χ3n) is 3.49. The largest absolute Gasteiger partial charge is 0.363 e. The lowest BCUT2D eigenvalue weighted by Gasteiger charge is -2.19. The van der Waals surface area contributed by atoms with E-state index in [9.17, 15) is 9.59 Å². The maximum atomic E-state index is 12.3. The van der Waals surface area contributed by atoms with E-state index in [1.807, 2.05) is 30.3 Å². The van der Waals surface area contributed by atoms with Crippen LogP contribution in [0.4, 0.5) is 0 Å². The van der Waals surface area contributed by atoms with Gasteiger partial charge in [0.1, 0.15) is 0 Å². The van der Waals surface area contributed by atoms with Gasteiger partial charge in [0.25, 0.3) is 5.91 Å². The lowest BCUT2D eigenvalue weighted by molar-refractivity contribution is -0.161. The zero-order chi connectivity index (χ0) is 16.7. The molecule has 1 atom stereocenters. The Labute approximate surface area is 136 Å². The van der Waals surface area contributed by atoms with Gasteiger partial charge in [0.05, 0.1) is 5.56 Å². The van der Waals surface area contributed by atoms with Gasteiger partial charge in [0.2, 0.25) is 0 Å². The molecule has 4 nitrogen and oxygen atoms in total. The average Bonchev–Trinajstić information content (AvgIpc) is 2.60.